The Labute approximate surface area is 171 Å². The normalized spacial score (nSPS) is 11.3. The van der Waals surface area contributed by atoms with E-state index < -0.39 is 0 Å². The van der Waals surface area contributed by atoms with E-state index in [1.165, 1.54) is 15.8 Å². The summed E-state index contributed by atoms with van der Waals surface area (Å²) in [7, 11) is 0. The van der Waals surface area contributed by atoms with Gasteiger partial charge in [0.25, 0.3) is 0 Å². The summed E-state index contributed by atoms with van der Waals surface area (Å²) < 4.78 is 4.51. The van der Waals surface area contributed by atoms with Crippen molar-refractivity contribution in [3.8, 4) is 0 Å². The molecule has 7 heteroatoms. The molecule has 2 heterocycles. The van der Waals surface area contributed by atoms with Crippen molar-refractivity contribution in [3.63, 3.8) is 0 Å². The number of benzene rings is 2. The fraction of sp³-hybridized carbons (Fsp3) is 0.250. The molecule has 0 aliphatic heterocycles. The van der Waals surface area contributed by atoms with Gasteiger partial charge in [0, 0.05) is 12.3 Å². The molecule has 0 radical (unpaired) electrons. The van der Waals surface area contributed by atoms with E-state index in [0.717, 1.165) is 38.9 Å². The molecule has 27 heavy (non-hydrogen) atoms. The van der Waals surface area contributed by atoms with Crippen LogP contribution in [0, 0.1) is 6.92 Å². The van der Waals surface area contributed by atoms with Crippen LogP contribution >= 0.6 is 34.9 Å². The van der Waals surface area contributed by atoms with Gasteiger partial charge in [-0.2, -0.15) is 0 Å². The zero-order valence-corrected chi connectivity index (χ0v) is 17.7. The monoisotopic (exact) mass is 412 g/mol. The molecule has 0 aliphatic rings. The van der Waals surface area contributed by atoms with E-state index >= 15 is 0 Å². The Morgan fingerprint density at radius 1 is 0.963 bits per heavy atom. The van der Waals surface area contributed by atoms with Gasteiger partial charge < -0.3 is 4.57 Å². The molecule has 0 bridgehead atoms. The van der Waals surface area contributed by atoms with Gasteiger partial charge in [-0.3, -0.25) is 0 Å². The fourth-order valence-corrected chi connectivity index (χ4v) is 5.71. The Kier molecular flexibility index (Phi) is 5.80. The highest BCUT2D eigenvalue weighted by molar-refractivity contribution is 8.00. The summed E-state index contributed by atoms with van der Waals surface area (Å²) in [6, 6.07) is 16.9. The second kappa shape index (κ2) is 8.46. The van der Waals surface area contributed by atoms with Crippen molar-refractivity contribution in [1.29, 1.82) is 0 Å². The highest BCUT2D eigenvalue weighted by atomic mass is 32.2. The first-order chi connectivity index (χ1) is 13.2. The summed E-state index contributed by atoms with van der Waals surface area (Å²) in [5.41, 5.74) is 3.66. The van der Waals surface area contributed by atoms with Gasteiger partial charge in [0.1, 0.15) is 5.82 Å². The SMILES string of the molecule is CCn1c(CSc2nc3ccccc3s2)nnc1SCc1ccc(C)cc1. The lowest BCUT2D eigenvalue weighted by molar-refractivity contribution is 0.659. The third-order valence-electron chi connectivity index (χ3n) is 4.20. The molecule has 0 spiro atoms. The van der Waals surface area contributed by atoms with Gasteiger partial charge in [-0.25, -0.2) is 4.98 Å². The summed E-state index contributed by atoms with van der Waals surface area (Å²) in [5, 5.41) is 9.83. The van der Waals surface area contributed by atoms with Crippen molar-refractivity contribution < 1.29 is 0 Å². The molecule has 0 saturated heterocycles. The minimum Gasteiger partial charge on any atom is -0.306 e. The van der Waals surface area contributed by atoms with Crippen LogP contribution in [0.2, 0.25) is 0 Å². The molecular weight excluding hydrogens is 392 g/mol. The molecule has 2 aromatic carbocycles. The van der Waals surface area contributed by atoms with Crippen LogP contribution in [0.1, 0.15) is 23.9 Å². The zero-order valence-electron chi connectivity index (χ0n) is 15.3. The van der Waals surface area contributed by atoms with E-state index in [0.29, 0.717) is 0 Å². The number of aromatic nitrogens is 4. The molecule has 0 saturated carbocycles. The second-order valence-corrected chi connectivity index (χ2v) is 9.35. The lowest BCUT2D eigenvalue weighted by Gasteiger charge is -2.07. The molecule has 0 atom stereocenters. The topological polar surface area (TPSA) is 43.6 Å². The predicted molar refractivity (Wildman–Crippen MR) is 116 cm³/mol. The van der Waals surface area contributed by atoms with Gasteiger partial charge in [0.2, 0.25) is 0 Å². The van der Waals surface area contributed by atoms with Crippen molar-refractivity contribution in [2.75, 3.05) is 0 Å². The van der Waals surface area contributed by atoms with E-state index in [1.807, 2.05) is 6.07 Å². The number of hydrogen-bond acceptors (Lipinski definition) is 6. The Hall–Kier alpha value is -1.83. The van der Waals surface area contributed by atoms with Gasteiger partial charge in [0.05, 0.1) is 16.0 Å². The molecule has 4 nitrogen and oxygen atoms in total. The van der Waals surface area contributed by atoms with E-state index in [-0.39, 0.29) is 0 Å². The van der Waals surface area contributed by atoms with Crippen molar-refractivity contribution in [1.82, 2.24) is 19.7 Å². The molecule has 2 aromatic heterocycles. The lowest BCUT2D eigenvalue weighted by Crippen LogP contribution is -2.02. The highest BCUT2D eigenvalue weighted by Gasteiger charge is 2.13. The number of fused-ring (bicyclic) bond motifs is 1. The van der Waals surface area contributed by atoms with Gasteiger partial charge in [-0.15, -0.1) is 21.5 Å². The molecule has 0 N–H and O–H groups in total. The lowest BCUT2D eigenvalue weighted by atomic mass is 10.2. The first-order valence-corrected chi connectivity index (χ1v) is 11.6. The third-order valence-corrected chi connectivity index (χ3v) is 7.41. The highest BCUT2D eigenvalue weighted by Crippen LogP contribution is 2.32. The molecule has 4 aromatic rings. The average molecular weight is 413 g/mol. The molecule has 0 aliphatic carbocycles. The van der Waals surface area contributed by atoms with Crippen molar-refractivity contribution in [2.45, 2.75) is 41.4 Å². The minimum atomic E-state index is 0.783. The number of nitrogens with zero attached hydrogens (tertiary/aromatic N) is 4. The molecule has 0 fully saturated rings. The molecule has 0 unspecified atom stereocenters. The quantitative estimate of drug-likeness (QED) is 0.359. The Morgan fingerprint density at radius 3 is 2.56 bits per heavy atom. The van der Waals surface area contributed by atoms with Crippen molar-refractivity contribution in [2.24, 2.45) is 0 Å². The van der Waals surface area contributed by atoms with Crippen LogP contribution in [-0.2, 0) is 18.1 Å². The summed E-state index contributed by atoms with van der Waals surface area (Å²) in [6.07, 6.45) is 0. The maximum Gasteiger partial charge on any atom is 0.191 e. The number of rotatable bonds is 7. The van der Waals surface area contributed by atoms with Crippen LogP contribution in [0.15, 0.2) is 58.0 Å². The van der Waals surface area contributed by atoms with Gasteiger partial charge in [-0.1, -0.05) is 65.5 Å². The van der Waals surface area contributed by atoms with Crippen LogP contribution in [0.5, 0.6) is 0 Å². The first-order valence-electron chi connectivity index (χ1n) is 8.81. The van der Waals surface area contributed by atoms with Crippen LogP contribution in [-0.4, -0.2) is 19.7 Å². The van der Waals surface area contributed by atoms with Crippen LogP contribution in [0.25, 0.3) is 10.2 Å². The van der Waals surface area contributed by atoms with Crippen molar-refractivity contribution in [3.05, 3.63) is 65.5 Å². The molecule has 0 amide bonds. The number of thioether (sulfide) groups is 2. The summed E-state index contributed by atoms with van der Waals surface area (Å²) >= 11 is 5.21. The Balaban J connectivity index is 1.43. The third kappa shape index (κ3) is 4.36. The van der Waals surface area contributed by atoms with Gasteiger partial charge in [-0.05, 0) is 31.5 Å². The minimum absolute atomic E-state index is 0.783. The molecule has 138 valence electrons. The number of para-hydroxylation sites is 1. The standard InChI is InChI=1S/C20H20N4S3/c1-3-24-18(13-26-20-21-16-6-4-5-7-17(16)27-20)22-23-19(24)25-12-15-10-8-14(2)9-11-15/h4-11H,3,12-13H2,1-2H3. The summed E-state index contributed by atoms with van der Waals surface area (Å²) in [4.78, 5) is 4.69. The fourth-order valence-electron chi connectivity index (χ4n) is 2.72. The average Bonchev–Trinajstić information content (AvgIpc) is 3.28. The predicted octanol–water partition coefficient (Wildman–Crippen LogP) is 5.80. The Morgan fingerprint density at radius 2 is 1.78 bits per heavy atom. The van der Waals surface area contributed by atoms with E-state index in [9.17, 15) is 0 Å². The second-order valence-electron chi connectivity index (χ2n) is 6.15. The Bertz CT molecular complexity index is 1000. The molecular formula is C20H20N4S3. The van der Waals surface area contributed by atoms with Crippen LogP contribution in [0.3, 0.4) is 0 Å². The number of hydrogen-bond donors (Lipinski definition) is 0. The van der Waals surface area contributed by atoms with Gasteiger partial charge in [0.15, 0.2) is 9.50 Å². The van der Waals surface area contributed by atoms with Crippen molar-refractivity contribution >= 4 is 45.1 Å². The summed E-state index contributed by atoms with van der Waals surface area (Å²) in [6.45, 7) is 5.13. The molecule has 4 rings (SSSR count). The van der Waals surface area contributed by atoms with Gasteiger partial charge >= 0.3 is 0 Å². The maximum absolute atomic E-state index is 4.69. The van der Waals surface area contributed by atoms with E-state index in [2.05, 4.69) is 71.1 Å². The van der Waals surface area contributed by atoms with E-state index in [1.54, 1.807) is 34.9 Å². The number of thiazole rings is 1. The maximum atomic E-state index is 4.69. The number of aryl methyl sites for hydroxylation is 1. The summed E-state index contributed by atoms with van der Waals surface area (Å²) in [5.74, 6) is 2.70. The van der Waals surface area contributed by atoms with Crippen LogP contribution < -0.4 is 0 Å². The smallest absolute Gasteiger partial charge is 0.191 e. The first kappa shape index (κ1) is 18.5. The van der Waals surface area contributed by atoms with E-state index in [4.69, 9.17) is 4.98 Å². The largest absolute Gasteiger partial charge is 0.306 e. The van der Waals surface area contributed by atoms with Crippen LogP contribution in [0.4, 0.5) is 0 Å². The zero-order chi connectivity index (χ0) is 18.6.